The molecule has 0 spiro atoms. The van der Waals surface area contributed by atoms with Crippen LogP contribution in [0, 0.1) is 26.1 Å². The zero-order valence-electron chi connectivity index (χ0n) is 23.2. The molecule has 0 saturated carbocycles. The number of ether oxygens (including phenoxy) is 1. The van der Waals surface area contributed by atoms with Crippen LogP contribution in [0.15, 0.2) is 27.9 Å². The first-order valence-electron chi connectivity index (χ1n) is 13.3. The Kier molecular flexibility index (Phi) is 9.25. The lowest BCUT2D eigenvalue weighted by atomic mass is 9.92. The molecule has 0 amide bonds. The van der Waals surface area contributed by atoms with E-state index < -0.39 is 44.4 Å². The van der Waals surface area contributed by atoms with Gasteiger partial charge in [0, 0.05) is 20.1 Å². The fourth-order valence-corrected chi connectivity index (χ4v) is 6.55. The van der Waals surface area contributed by atoms with Crippen molar-refractivity contribution in [2.24, 2.45) is 13.0 Å². The molecular weight excluding hydrogens is 578 g/mol. The van der Waals surface area contributed by atoms with Crippen LogP contribution < -0.4 is 10.3 Å². The molecular formula is C24H31N7O10S. The number of benzene rings is 1. The Morgan fingerprint density at radius 3 is 2.50 bits per heavy atom. The Morgan fingerprint density at radius 1 is 1.17 bits per heavy atom. The van der Waals surface area contributed by atoms with E-state index in [2.05, 4.69) is 24.7 Å². The van der Waals surface area contributed by atoms with Crippen molar-refractivity contribution in [1.29, 1.82) is 0 Å². The van der Waals surface area contributed by atoms with Crippen LogP contribution >= 0.6 is 0 Å². The van der Waals surface area contributed by atoms with E-state index in [9.17, 15) is 33.4 Å². The van der Waals surface area contributed by atoms with Crippen LogP contribution in [-0.2, 0) is 33.2 Å². The minimum absolute atomic E-state index is 0.0112. The van der Waals surface area contributed by atoms with Gasteiger partial charge in [0.25, 0.3) is 15.7 Å². The number of sulfonamides is 1. The minimum Gasteiger partial charge on any atom is -0.493 e. The lowest BCUT2D eigenvalue weighted by Crippen LogP contribution is -2.43. The number of aromatic amines is 1. The normalized spacial score (nSPS) is 15.4. The summed E-state index contributed by atoms with van der Waals surface area (Å²) in [5.41, 5.74) is 1.21. The average molecular weight is 610 g/mol. The van der Waals surface area contributed by atoms with Gasteiger partial charge in [-0.15, -0.1) is 20.2 Å². The second kappa shape index (κ2) is 12.7. The summed E-state index contributed by atoms with van der Waals surface area (Å²) in [5, 5.41) is 23.8. The third-order valence-electron chi connectivity index (χ3n) is 6.98. The third kappa shape index (κ3) is 6.43. The van der Waals surface area contributed by atoms with Crippen LogP contribution in [0.5, 0.6) is 5.75 Å². The van der Waals surface area contributed by atoms with Crippen LogP contribution in [0.1, 0.15) is 38.8 Å². The number of H-pyrrole nitrogens is 1. The van der Waals surface area contributed by atoms with Crippen LogP contribution in [0.25, 0.3) is 22.4 Å². The summed E-state index contributed by atoms with van der Waals surface area (Å²) < 4.78 is 35.7. The minimum atomic E-state index is -4.06. The molecule has 0 radical (unpaired) electrons. The second-order valence-electron chi connectivity index (χ2n) is 9.65. The predicted molar refractivity (Wildman–Crippen MR) is 146 cm³/mol. The van der Waals surface area contributed by atoms with Gasteiger partial charge in [-0.25, -0.2) is 13.4 Å². The van der Waals surface area contributed by atoms with E-state index in [0.717, 1.165) is 6.42 Å². The summed E-state index contributed by atoms with van der Waals surface area (Å²) in [6, 6.07) is 4.27. The van der Waals surface area contributed by atoms with Crippen molar-refractivity contribution in [2.75, 3.05) is 26.3 Å². The van der Waals surface area contributed by atoms with Crippen molar-refractivity contribution in [3.8, 4) is 17.1 Å². The van der Waals surface area contributed by atoms with E-state index >= 15 is 0 Å². The van der Waals surface area contributed by atoms with E-state index in [1.54, 1.807) is 14.0 Å². The van der Waals surface area contributed by atoms with E-state index in [4.69, 9.17) is 4.74 Å². The number of hydrogen-bond donors (Lipinski definition) is 1. The molecule has 1 atom stereocenters. The molecule has 2 aromatic heterocycles. The molecule has 0 unspecified atom stereocenters. The molecule has 17 nitrogen and oxygen atoms in total. The molecule has 1 aromatic carbocycles. The highest BCUT2D eigenvalue weighted by Crippen LogP contribution is 2.34. The van der Waals surface area contributed by atoms with Crippen molar-refractivity contribution < 1.29 is 33.0 Å². The SMILES string of the molecule is CCCc1nn(C)c2c(=O)[nH]c(-c3cc(S(=O)(=O)N4CCC([C@@H](CO[N+](=O)[O-])O[N+](=O)[O-])CC4)ccc3OCC)nc12. The second-order valence-corrected chi connectivity index (χ2v) is 11.6. The Balaban J connectivity index is 1.65. The van der Waals surface area contributed by atoms with E-state index in [-0.39, 0.29) is 48.8 Å². The van der Waals surface area contributed by atoms with Gasteiger partial charge in [0.2, 0.25) is 10.0 Å². The van der Waals surface area contributed by atoms with Gasteiger partial charge in [0.15, 0.2) is 5.52 Å². The maximum atomic E-state index is 13.7. The molecule has 1 aliphatic rings. The van der Waals surface area contributed by atoms with Gasteiger partial charge in [-0.05, 0) is 50.3 Å². The number of aryl methyl sites for hydroxylation is 2. The zero-order valence-corrected chi connectivity index (χ0v) is 24.0. The standard InChI is InChI=1S/C24H31N7O10S/c1-4-6-18-21-22(28(3)27-18)24(32)26-23(25-21)17-13-16(7-8-19(17)39-5-2)42(37,38)29-11-9-15(10-12-29)20(41-31(35)36)14-40-30(33)34/h7-8,13,15,20H,4-6,9-12,14H2,1-3H3,(H,25,26,32)/t20-/m1/s1. The molecule has 228 valence electrons. The Morgan fingerprint density at radius 2 is 1.88 bits per heavy atom. The number of hydrogen-bond acceptors (Lipinski definition) is 12. The van der Waals surface area contributed by atoms with Crippen molar-refractivity contribution in [3.05, 3.63) is 54.5 Å². The molecule has 1 fully saturated rings. The van der Waals surface area contributed by atoms with Crippen molar-refractivity contribution in [1.82, 2.24) is 24.1 Å². The summed E-state index contributed by atoms with van der Waals surface area (Å²) in [6.07, 6.45) is 0.453. The summed E-state index contributed by atoms with van der Waals surface area (Å²) in [4.78, 5) is 50.6. The molecule has 42 heavy (non-hydrogen) atoms. The highest BCUT2D eigenvalue weighted by Gasteiger charge is 2.35. The van der Waals surface area contributed by atoms with Crippen molar-refractivity contribution in [3.63, 3.8) is 0 Å². The van der Waals surface area contributed by atoms with E-state index in [1.807, 2.05) is 6.92 Å². The fourth-order valence-electron chi connectivity index (χ4n) is 5.05. The molecule has 0 bridgehead atoms. The molecule has 0 aliphatic carbocycles. The lowest BCUT2D eigenvalue weighted by Gasteiger charge is -2.34. The van der Waals surface area contributed by atoms with Gasteiger partial charge < -0.3 is 19.4 Å². The summed E-state index contributed by atoms with van der Waals surface area (Å²) in [6.45, 7) is 3.35. The third-order valence-corrected chi connectivity index (χ3v) is 8.88. The first-order valence-corrected chi connectivity index (χ1v) is 14.7. The summed E-state index contributed by atoms with van der Waals surface area (Å²) >= 11 is 0. The van der Waals surface area contributed by atoms with Crippen LogP contribution in [-0.4, -0.2) is 75.1 Å². The first-order chi connectivity index (χ1) is 20.0. The molecule has 4 rings (SSSR count). The maximum absolute atomic E-state index is 13.7. The Bertz CT molecular complexity index is 1630. The van der Waals surface area contributed by atoms with Gasteiger partial charge in [-0.1, -0.05) is 13.3 Å². The monoisotopic (exact) mass is 609 g/mol. The molecule has 1 N–H and O–H groups in total. The van der Waals surface area contributed by atoms with Gasteiger partial charge >= 0.3 is 0 Å². The van der Waals surface area contributed by atoms with Gasteiger partial charge in [0.05, 0.1) is 22.8 Å². The largest absolute Gasteiger partial charge is 0.493 e. The maximum Gasteiger partial charge on any atom is 0.294 e. The number of nitrogens with zero attached hydrogens (tertiary/aromatic N) is 6. The number of piperidine rings is 1. The number of aromatic nitrogens is 4. The van der Waals surface area contributed by atoms with E-state index in [1.165, 1.54) is 27.2 Å². The zero-order chi connectivity index (χ0) is 30.6. The molecule has 3 heterocycles. The molecule has 18 heteroatoms. The topological polar surface area (TPSA) is 215 Å². The van der Waals surface area contributed by atoms with Crippen molar-refractivity contribution in [2.45, 2.75) is 50.5 Å². The number of nitrogens with one attached hydrogen (secondary N) is 1. The number of rotatable bonds is 13. The Hall–Kier alpha value is -4.32. The molecule has 1 aliphatic heterocycles. The van der Waals surface area contributed by atoms with E-state index in [0.29, 0.717) is 28.9 Å². The van der Waals surface area contributed by atoms with Crippen LogP contribution in [0.3, 0.4) is 0 Å². The van der Waals surface area contributed by atoms with Gasteiger partial charge in [-0.2, -0.15) is 9.40 Å². The Labute approximate surface area is 239 Å². The van der Waals surface area contributed by atoms with Gasteiger partial charge in [-0.3, -0.25) is 9.48 Å². The molecule has 3 aromatic rings. The predicted octanol–water partition coefficient (Wildman–Crippen LogP) is 1.86. The summed E-state index contributed by atoms with van der Waals surface area (Å²) in [7, 11) is -2.41. The van der Waals surface area contributed by atoms with Gasteiger partial charge in [0.1, 0.15) is 29.8 Å². The van der Waals surface area contributed by atoms with Crippen LogP contribution in [0.2, 0.25) is 0 Å². The lowest BCUT2D eigenvalue weighted by molar-refractivity contribution is -0.791. The molecule has 1 saturated heterocycles. The first kappa shape index (κ1) is 30.6. The highest BCUT2D eigenvalue weighted by atomic mass is 32.2. The summed E-state index contributed by atoms with van der Waals surface area (Å²) in [5.74, 6) is -0.0951. The smallest absolute Gasteiger partial charge is 0.294 e. The fraction of sp³-hybridized carbons (Fsp3) is 0.542. The number of fused-ring (bicyclic) bond motifs is 1. The average Bonchev–Trinajstić information content (AvgIpc) is 3.26. The van der Waals surface area contributed by atoms with Crippen LogP contribution in [0.4, 0.5) is 0 Å². The quantitative estimate of drug-likeness (QED) is 0.217. The highest BCUT2D eigenvalue weighted by molar-refractivity contribution is 7.89. The van der Waals surface area contributed by atoms with Crippen molar-refractivity contribution >= 4 is 21.1 Å².